The minimum absolute atomic E-state index is 0.144. The average molecular weight is 564 g/mol. The number of methoxy groups -OCH3 is 1. The van der Waals surface area contributed by atoms with Crippen LogP contribution in [0, 0.1) is 11.3 Å². The molecule has 1 aliphatic heterocycles. The third-order valence-corrected chi connectivity index (χ3v) is 8.31. The fourth-order valence-electron chi connectivity index (χ4n) is 5.61. The summed E-state index contributed by atoms with van der Waals surface area (Å²) in [6, 6.07) is 10.2. The summed E-state index contributed by atoms with van der Waals surface area (Å²) in [5, 5.41) is 7.72. The molecular formula is C33H49N5O3. The van der Waals surface area contributed by atoms with Crippen molar-refractivity contribution in [2.75, 3.05) is 27.2 Å². The number of ketones is 1. The van der Waals surface area contributed by atoms with Crippen molar-refractivity contribution < 1.29 is 14.3 Å². The Labute approximate surface area is 245 Å². The van der Waals surface area contributed by atoms with Gasteiger partial charge in [-0.2, -0.15) is 0 Å². The van der Waals surface area contributed by atoms with Gasteiger partial charge in [-0.3, -0.25) is 4.79 Å². The number of para-hydroxylation sites is 1. The first kappa shape index (κ1) is 32.4. The summed E-state index contributed by atoms with van der Waals surface area (Å²) in [4.78, 5) is 34.5. The Hall–Kier alpha value is -3.10. The van der Waals surface area contributed by atoms with Gasteiger partial charge in [-0.15, -0.1) is 0 Å². The predicted octanol–water partition coefficient (Wildman–Crippen LogP) is 6.42. The zero-order valence-corrected chi connectivity index (χ0v) is 25.6. The lowest BCUT2D eigenvalue weighted by Crippen LogP contribution is -2.29. The molecule has 2 atom stereocenters. The zero-order valence-electron chi connectivity index (χ0n) is 25.6. The molecule has 2 fully saturated rings. The highest BCUT2D eigenvalue weighted by molar-refractivity contribution is 5.85. The monoisotopic (exact) mass is 563 g/mol. The second kappa shape index (κ2) is 16.4. The van der Waals surface area contributed by atoms with Crippen LogP contribution < -0.4 is 15.4 Å². The van der Waals surface area contributed by atoms with Crippen LogP contribution in [0.25, 0.3) is 22.2 Å². The van der Waals surface area contributed by atoms with Crippen LogP contribution in [0.3, 0.4) is 0 Å². The van der Waals surface area contributed by atoms with Crippen molar-refractivity contribution >= 4 is 23.0 Å². The summed E-state index contributed by atoms with van der Waals surface area (Å²) in [6.45, 7) is 8.16. The van der Waals surface area contributed by atoms with Crippen molar-refractivity contribution in [1.29, 1.82) is 0 Å². The number of hydrogen-bond donors (Lipinski definition) is 3. The number of pyridine rings is 1. The van der Waals surface area contributed by atoms with Crippen LogP contribution in [0.4, 0.5) is 0 Å². The van der Waals surface area contributed by atoms with Crippen molar-refractivity contribution in [3.63, 3.8) is 0 Å². The van der Waals surface area contributed by atoms with E-state index in [4.69, 9.17) is 4.74 Å². The maximum Gasteiger partial charge on any atom is 0.223 e. The largest absolute Gasteiger partial charge is 0.480 e. The van der Waals surface area contributed by atoms with E-state index >= 15 is 0 Å². The van der Waals surface area contributed by atoms with Crippen molar-refractivity contribution in [2.45, 2.75) is 84.6 Å². The fraction of sp³-hybridized carbons (Fsp3) is 0.576. The standard InChI is InChI=1S/C23H30N4O2.C8H13NO.C2H6/c1-4-17(28)11-6-5-7-13-20(24-2)22-25-15-21(26-22)18-14-16-10-8-9-12-19(16)27-23(18)29-3;10-6-7-5-8(7)1-3-9-4-2-8;1-2/h8-10,12,14-15,20,24H,4-7,11,13H2,1-3H3,(H,25,26);6-7,9H,1-5H2;1-2H3/t20-;;/m0../s1. The molecule has 0 amide bonds. The number of fused-ring (bicyclic) bond motifs is 1. The second-order valence-electron chi connectivity index (χ2n) is 10.8. The first-order chi connectivity index (χ1) is 20.0. The van der Waals surface area contributed by atoms with E-state index in [-0.39, 0.29) is 6.04 Å². The van der Waals surface area contributed by atoms with E-state index in [9.17, 15) is 9.59 Å². The molecule has 8 heteroatoms. The first-order valence-electron chi connectivity index (χ1n) is 15.4. The van der Waals surface area contributed by atoms with Gasteiger partial charge in [0.2, 0.25) is 5.88 Å². The van der Waals surface area contributed by atoms with Gasteiger partial charge >= 0.3 is 0 Å². The van der Waals surface area contributed by atoms with Crippen molar-refractivity contribution in [2.24, 2.45) is 11.3 Å². The Morgan fingerprint density at radius 2 is 1.95 bits per heavy atom. The fourth-order valence-corrected chi connectivity index (χ4v) is 5.61. The smallest absolute Gasteiger partial charge is 0.223 e. The van der Waals surface area contributed by atoms with E-state index in [1.54, 1.807) is 7.11 Å². The van der Waals surface area contributed by atoms with Crippen LogP contribution in [0.15, 0.2) is 36.5 Å². The topological polar surface area (TPSA) is 109 Å². The highest BCUT2D eigenvalue weighted by Crippen LogP contribution is 2.57. The number of carbonyl (C=O) groups is 2. The molecule has 1 spiro atoms. The SMILES string of the molecule is CC.CCC(=O)CCCCC[C@H](NC)c1ncc(-c2cc3ccccc3nc2OC)[nH]1.O=CC1CC12CCNCC2. The van der Waals surface area contributed by atoms with Gasteiger partial charge in [-0.25, -0.2) is 9.97 Å². The van der Waals surface area contributed by atoms with Gasteiger partial charge < -0.3 is 25.1 Å². The molecular weight excluding hydrogens is 514 g/mol. The zero-order chi connectivity index (χ0) is 29.7. The third-order valence-electron chi connectivity index (χ3n) is 8.31. The number of imidazole rings is 1. The van der Waals surface area contributed by atoms with Crippen molar-refractivity contribution in [3.8, 4) is 17.1 Å². The van der Waals surface area contributed by atoms with Gasteiger partial charge in [0.25, 0.3) is 0 Å². The number of nitrogens with one attached hydrogen (secondary N) is 3. The summed E-state index contributed by atoms with van der Waals surface area (Å²) in [7, 11) is 3.59. The molecule has 1 saturated heterocycles. The molecule has 1 aromatic carbocycles. The number of ether oxygens (including phenoxy) is 1. The normalized spacial score (nSPS) is 17.5. The molecule has 0 radical (unpaired) electrons. The van der Waals surface area contributed by atoms with Gasteiger partial charge in [0.05, 0.1) is 36.1 Å². The number of carbonyl (C=O) groups excluding carboxylic acids is 2. The summed E-state index contributed by atoms with van der Waals surface area (Å²) < 4.78 is 5.52. The number of nitrogens with zero attached hydrogens (tertiary/aromatic N) is 2. The Morgan fingerprint density at radius 3 is 2.61 bits per heavy atom. The third kappa shape index (κ3) is 8.69. The summed E-state index contributed by atoms with van der Waals surface area (Å²) >= 11 is 0. The number of hydrogen-bond acceptors (Lipinski definition) is 7. The van der Waals surface area contributed by atoms with Gasteiger partial charge in [-0.1, -0.05) is 51.8 Å². The Bertz CT molecular complexity index is 1230. The summed E-state index contributed by atoms with van der Waals surface area (Å²) in [5.41, 5.74) is 3.16. The van der Waals surface area contributed by atoms with Crippen LogP contribution >= 0.6 is 0 Å². The van der Waals surface area contributed by atoms with Crippen LogP contribution in [-0.4, -0.2) is 54.3 Å². The second-order valence-corrected chi connectivity index (χ2v) is 10.8. The molecule has 3 aromatic rings. The molecule has 8 nitrogen and oxygen atoms in total. The van der Waals surface area contributed by atoms with Gasteiger partial charge in [0, 0.05) is 24.1 Å². The van der Waals surface area contributed by atoms with E-state index in [2.05, 4.69) is 31.7 Å². The summed E-state index contributed by atoms with van der Waals surface area (Å²) in [5.74, 6) is 2.25. The number of aldehydes is 1. The Balaban J connectivity index is 0.000000319. The first-order valence-corrected chi connectivity index (χ1v) is 15.4. The average Bonchev–Trinajstić information content (AvgIpc) is 3.46. The Kier molecular flexibility index (Phi) is 12.9. The maximum atomic E-state index is 11.4. The maximum absolute atomic E-state index is 11.4. The summed E-state index contributed by atoms with van der Waals surface area (Å²) in [6.07, 6.45) is 12.0. The molecule has 3 heterocycles. The van der Waals surface area contributed by atoms with Crippen molar-refractivity contribution in [1.82, 2.24) is 25.6 Å². The number of rotatable bonds is 12. The quantitative estimate of drug-likeness (QED) is 0.172. The minimum atomic E-state index is 0.144. The van der Waals surface area contributed by atoms with E-state index < -0.39 is 0 Å². The molecule has 1 unspecified atom stereocenters. The molecule has 3 N–H and O–H groups in total. The van der Waals surface area contributed by atoms with Crippen LogP contribution in [-0.2, 0) is 9.59 Å². The predicted molar refractivity (Wildman–Crippen MR) is 166 cm³/mol. The molecule has 1 saturated carbocycles. The molecule has 0 bridgehead atoms. The minimum Gasteiger partial charge on any atom is -0.480 e. The van der Waals surface area contributed by atoms with Gasteiger partial charge in [0.15, 0.2) is 0 Å². The number of Topliss-reactive ketones (excluding diaryl/α,β-unsaturated/α-hetero) is 1. The van der Waals surface area contributed by atoms with E-state index in [0.717, 1.165) is 79.5 Å². The highest BCUT2D eigenvalue weighted by atomic mass is 16.5. The molecule has 41 heavy (non-hydrogen) atoms. The van der Waals surface area contributed by atoms with Gasteiger partial charge in [-0.05, 0) is 69.8 Å². The molecule has 2 aliphatic rings. The lowest BCUT2D eigenvalue weighted by Gasteiger charge is -2.22. The Morgan fingerprint density at radius 1 is 1.20 bits per heavy atom. The number of piperidine rings is 1. The lowest BCUT2D eigenvalue weighted by molar-refractivity contribution is -0.118. The van der Waals surface area contributed by atoms with Crippen LogP contribution in [0.5, 0.6) is 5.88 Å². The molecule has 1 aliphatic carbocycles. The number of unbranched alkanes of at least 4 members (excludes halogenated alkanes) is 2. The number of aromatic amines is 1. The number of benzene rings is 1. The van der Waals surface area contributed by atoms with Crippen molar-refractivity contribution in [3.05, 3.63) is 42.4 Å². The van der Waals surface area contributed by atoms with Gasteiger partial charge in [0.1, 0.15) is 17.9 Å². The molecule has 2 aromatic heterocycles. The lowest BCUT2D eigenvalue weighted by atomic mass is 9.92. The van der Waals surface area contributed by atoms with Crippen LogP contribution in [0.1, 0.15) is 90.4 Å². The number of aromatic nitrogens is 3. The van der Waals surface area contributed by atoms with E-state index in [0.29, 0.717) is 35.8 Å². The molecule has 224 valence electrons. The van der Waals surface area contributed by atoms with E-state index in [1.165, 1.54) is 12.8 Å². The highest BCUT2D eigenvalue weighted by Gasteiger charge is 2.53. The number of H-pyrrole nitrogens is 1. The van der Waals surface area contributed by atoms with E-state index in [1.807, 2.05) is 58.3 Å². The van der Waals surface area contributed by atoms with Crippen LogP contribution in [0.2, 0.25) is 0 Å². The molecule has 5 rings (SSSR count).